The second-order valence-electron chi connectivity index (χ2n) is 4.12. The zero-order chi connectivity index (χ0) is 11.4. The van der Waals surface area contributed by atoms with Crippen LogP contribution in [-0.4, -0.2) is 13.6 Å². The lowest BCUT2D eigenvalue weighted by molar-refractivity contribution is 0.252. The third-order valence-corrected chi connectivity index (χ3v) is 2.97. The lowest BCUT2D eigenvalue weighted by Gasteiger charge is -2.28. The molecule has 0 aliphatic rings. The average molecular weight is 201 g/mol. The van der Waals surface area contributed by atoms with E-state index in [9.17, 15) is 0 Å². The van der Waals surface area contributed by atoms with Gasteiger partial charge in [0.05, 0.1) is 0 Å². The summed E-state index contributed by atoms with van der Waals surface area (Å²) < 4.78 is 0. The maximum Gasteiger partial charge on any atom is -0.00467 e. The van der Waals surface area contributed by atoms with Gasteiger partial charge in [-0.3, -0.25) is 0 Å². The van der Waals surface area contributed by atoms with Gasteiger partial charge in [-0.1, -0.05) is 53.9 Å². The molecular formula is C13H31N. The van der Waals surface area contributed by atoms with Gasteiger partial charge in [0.2, 0.25) is 0 Å². The molecule has 14 heavy (non-hydrogen) atoms. The van der Waals surface area contributed by atoms with E-state index in [4.69, 9.17) is 0 Å². The summed E-state index contributed by atoms with van der Waals surface area (Å²) in [5.74, 6) is 0. The minimum absolute atomic E-state index is 0.582. The zero-order valence-corrected chi connectivity index (χ0v) is 11.2. The van der Waals surface area contributed by atoms with Gasteiger partial charge in [-0.2, -0.15) is 0 Å². The molecule has 1 unspecified atom stereocenters. The van der Waals surface area contributed by atoms with Gasteiger partial charge >= 0.3 is 0 Å². The summed E-state index contributed by atoms with van der Waals surface area (Å²) in [6.45, 7) is 12.2. The van der Waals surface area contributed by atoms with E-state index in [1.54, 1.807) is 0 Å². The molecule has 0 amide bonds. The number of unbranched alkanes of at least 4 members (excludes halogenated alkanes) is 1. The van der Waals surface area contributed by atoms with Gasteiger partial charge in [0.25, 0.3) is 0 Å². The lowest BCUT2D eigenvalue weighted by atomic mass is 9.79. The Balaban J connectivity index is 0. The molecule has 0 heterocycles. The van der Waals surface area contributed by atoms with Crippen molar-refractivity contribution < 1.29 is 0 Å². The Morgan fingerprint density at radius 1 is 1.07 bits per heavy atom. The fourth-order valence-electron chi connectivity index (χ4n) is 1.51. The maximum atomic E-state index is 3.23. The van der Waals surface area contributed by atoms with Crippen molar-refractivity contribution >= 4 is 0 Å². The van der Waals surface area contributed by atoms with E-state index in [0.717, 1.165) is 6.54 Å². The Hall–Kier alpha value is -0.0400. The Labute approximate surface area is 91.7 Å². The predicted octanol–water partition coefficient (Wildman–Crippen LogP) is 4.23. The van der Waals surface area contributed by atoms with E-state index < -0.39 is 0 Å². The van der Waals surface area contributed by atoms with Gasteiger partial charge < -0.3 is 5.32 Å². The summed E-state index contributed by atoms with van der Waals surface area (Å²) in [4.78, 5) is 0. The molecule has 0 saturated heterocycles. The van der Waals surface area contributed by atoms with Gasteiger partial charge in [-0.05, 0) is 31.8 Å². The molecule has 0 aromatic carbocycles. The Kier molecular flexibility index (Phi) is 12.9. The van der Waals surface area contributed by atoms with Crippen LogP contribution in [0.2, 0.25) is 0 Å². The van der Waals surface area contributed by atoms with E-state index in [1.807, 2.05) is 20.9 Å². The van der Waals surface area contributed by atoms with Gasteiger partial charge in [-0.25, -0.2) is 0 Å². The molecule has 0 aliphatic carbocycles. The van der Waals surface area contributed by atoms with Crippen molar-refractivity contribution in [1.29, 1.82) is 0 Å². The molecule has 0 fully saturated rings. The van der Waals surface area contributed by atoms with Crippen LogP contribution in [0.5, 0.6) is 0 Å². The van der Waals surface area contributed by atoms with Crippen LogP contribution in [0, 0.1) is 5.41 Å². The smallest absolute Gasteiger partial charge is 0.00467 e. The summed E-state index contributed by atoms with van der Waals surface area (Å²) in [5, 5.41) is 3.23. The minimum Gasteiger partial charge on any atom is -0.320 e. The second-order valence-corrected chi connectivity index (χ2v) is 4.12. The molecule has 0 aromatic heterocycles. The summed E-state index contributed by atoms with van der Waals surface area (Å²) in [5.41, 5.74) is 0.582. The second kappa shape index (κ2) is 11.0. The van der Waals surface area contributed by atoms with Gasteiger partial charge in [0.1, 0.15) is 0 Å². The first-order valence-electron chi connectivity index (χ1n) is 6.33. The molecule has 0 bridgehead atoms. The monoisotopic (exact) mass is 201 g/mol. The first kappa shape index (κ1) is 16.4. The summed E-state index contributed by atoms with van der Waals surface area (Å²) in [7, 11) is 2.04. The first-order chi connectivity index (χ1) is 6.68. The molecule has 1 heteroatoms. The number of nitrogens with one attached hydrogen (secondary N) is 1. The minimum atomic E-state index is 0.582. The third kappa shape index (κ3) is 8.55. The van der Waals surface area contributed by atoms with E-state index in [0.29, 0.717) is 5.41 Å². The molecule has 1 nitrogen and oxygen atoms in total. The molecule has 0 spiro atoms. The van der Waals surface area contributed by atoms with Crippen molar-refractivity contribution in [3.05, 3.63) is 0 Å². The quantitative estimate of drug-likeness (QED) is 0.650. The van der Waals surface area contributed by atoms with Crippen molar-refractivity contribution in [2.45, 2.75) is 66.7 Å². The van der Waals surface area contributed by atoms with Gasteiger partial charge in [0, 0.05) is 0 Å². The standard InChI is InChI=1S/C11H25N.C2H6/c1-5-7-8-11(3,6-2)9-10-12-4;1-2/h12H,5-10H2,1-4H3;1-2H3. The van der Waals surface area contributed by atoms with Gasteiger partial charge in [-0.15, -0.1) is 0 Å². The molecule has 0 aliphatic heterocycles. The van der Waals surface area contributed by atoms with Crippen molar-refractivity contribution in [3.8, 4) is 0 Å². The SMILES string of the molecule is CC.CCCCC(C)(CC)CCNC. The van der Waals surface area contributed by atoms with Crippen LogP contribution in [0.4, 0.5) is 0 Å². The van der Waals surface area contributed by atoms with Crippen LogP contribution < -0.4 is 5.32 Å². The van der Waals surface area contributed by atoms with Crippen molar-refractivity contribution in [3.63, 3.8) is 0 Å². The van der Waals surface area contributed by atoms with E-state index >= 15 is 0 Å². The predicted molar refractivity (Wildman–Crippen MR) is 67.8 cm³/mol. The molecule has 1 atom stereocenters. The highest BCUT2D eigenvalue weighted by molar-refractivity contribution is 4.73. The molecule has 0 aromatic rings. The van der Waals surface area contributed by atoms with Crippen molar-refractivity contribution in [2.24, 2.45) is 5.41 Å². The topological polar surface area (TPSA) is 12.0 Å². The van der Waals surface area contributed by atoms with Crippen LogP contribution in [-0.2, 0) is 0 Å². The van der Waals surface area contributed by atoms with Crippen LogP contribution in [0.15, 0.2) is 0 Å². The van der Waals surface area contributed by atoms with Crippen LogP contribution >= 0.6 is 0 Å². The molecule has 88 valence electrons. The largest absolute Gasteiger partial charge is 0.320 e. The summed E-state index contributed by atoms with van der Waals surface area (Å²) in [6.07, 6.45) is 6.74. The van der Waals surface area contributed by atoms with Crippen LogP contribution in [0.25, 0.3) is 0 Å². The Morgan fingerprint density at radius 3 is 2.00 bits per heavy atom. The number of hydrogen-bond donors (Lipinski definition) is 1. The summed E-state index contributed by atoms with van der Waals surface area (Å²) in [6, 6.07) is 0. The van der Waals surface area contributed by atoms with Gasteiger partial charge in [0.15, 0.2) is 0 Å². The normalized spacial score (nSPS) is 14.1. The molecular weight excluding hydrogens is 170 g/mol. The highest BCUT2D eigenvalue weighted by atomic mass is 14.8. The van der Waals surface area contributed by atoms with E-state index in [2.05, 4.69) is 26.1 Å². The Morgan fingerprint density at radius 2 is 1.64 bits per heavy atom. The molecule has 1 N–H and O–H groups in total. The van der Waals surface area contributed by atoms with Crippen LogP contribution in [0.1, 0.15) is 66.7 Å². The highest BCUT2D eigenvalue weighted by Crippen LogP contribution is 2.31. The fraction of sp³-hybridized carbons (Fsp3) is 1.00. The van der Waals surface area contributed by atoms with Crippen molar-refractivity contribution in [1.82, 2.24) is 5.32 Å². The first-order valence-corrected chi connectivity index (χ1v) is 6.33. The average Bonchev–Trinajstić information content (AvgIpc) is 2.26. The molecule has 0 saturated carbocycles. The van der Waals surface area contributed by atoms with E-state index in [-0.39, 0.29) is 0 Å². The van der Waals surface area contributed by atoms with E-state index in [1.165, 1.54) is 32.1 Å². The molecule has 0 rings (SSSR count). The highest BCUT2D eigenvalue weighted by Gasteiger charge is 2.19. The third-order valence-electron chi connectivity index (χ3n) is 2.97. The fourth-order valence-corrected chi connectivity index (χ4v) is 1.51. The molecule has 0 radical (unpaired) electrons. The van der Waals surface area contributed by atoms with Crippen LogP contribution in [0.3, 0.4) is 0 Å². The number of hydrogen-bond acceptors (Lipinski definition) is 1. The maximum absolute atomic E-state index is 3.23. The van der Waals surface area contributed by atoms with Crippen molar-refractivity contribution in [2.75, 3.05) is 13.6 Å². The Bertz CT molecular complexity index is 91.4. The lowest BCUT2D eigenvalue weighted by Crippen LogP contribution is -2.21. The zero-order valence-electron chi connectivity index (χ0n) is 11.2. The number of rotatable bonds is 7. The summed E-state index contributed by atoms with van der Waals surface area (Å²) >= 11 is 0.